The summed E-state index contributed by atoms with van der Waals surface area (Å²) in [6.45, 7) is 4.59. The predicted octanol–water partition coefficient (Wildman–Crippen LogP) is 1.62. The van der Waals surface area contributed by atoms with E-state index >= 15 is 0 Å². The summed E-state index contributed by atoms with van der Waals surface area (Å²) in [5.41, 5.74) is 7.65. The molecule has 0 bridgehead atoms. The highest BCUT2D eigenvalue weighted by molar-refractivity contribution is 7.89. The summed E-state index contributed by atoms with van der Waals surface area (Å²) < 4.78 is 25.7. The van der Waals surface area contributed by atoms with Gasteiger partial charge in [0, 0.05) is 26.3 Å². The molecular formula is C16H26ClN3O3S. The number of carbonyl (C=O) groups excluding carboxylic acids is 1. The third-order valence-corrected chi connectivity index (χ3v) is 5.85. The molecule has 1 atom stereocenters. The van der Waals surface area contributed by atoms with E-state index in [0.717, 1.165) is 12.0 Å². The Balaban J connectivity index is 0.00000288. The lowest BCUT2D eigenvalue weighted by molar-refractivity contribution is -0.120. The molecule has 136 valence electrons. The van der Waals surface area contributed by atoms with Crippen molar-refractivity contribution in [1.29, 1.82) is 0 Å². The zero-order valence-corrected chi connectivity index (χ0v) is 16.2. The molecule has 6 nitrogen and oxygen atoms in total. The number of hydrogen-bond acceptors (Lipinski definition) is 4. The van der Waals surface area contributed by atoms with E-state index in [0.29, 0.717) is 24.6 Å². The third-order valence-electron chi connectivity index (χ3n) is 4.04. The molecule has 8 heteroatoms. The van der Waals surface area contributed by atoms with Crippen LogP contribution in [-0.2, 0) is 21.2 Å². The number of hydrogen-bond donors (Lipinski definition) is 1. The average molecular weight is 376 g/mol. The normalized spacial score (nSPS) is 15.4. The summed E-state index contributed by atoms with van der Waals surface area (Å²) in [6.07, 6.45) is 1.33. The molecule has 0 spiro atoms. The lowest BCUT2D eigenvalue weighted by Gasteiger charge is -2.23. The second-order valence-electron chi connectivity index (χ2n) is 6.55. The molecule has 1 aliphatic heterocycles. The molecule has 0 radical (unpaired) electrons. The number of anilines is 1. The summed E-state index contributed by atoms with van der Waals surface area (Å²) in [4.78, 5) is 14.4. The van der Waals surface area contributed by atoms with Crippen molar-refractivity contribution in [3.63, 3.8) is 0 Å². The molecule has 1 heterocycles. The fraction of sp³-hybridized carbons (Fsp3) is 0.562. The van der Waals surface area contributed by atoms with Crippen LogP contribution in [0.2, 0.25) is 0 Å². The van der Waals surface area contributed by atoms with Gasteiger partial charge in [-0.1, -0.05) is 19.9 Å². The van der Waals surface area contributed by atoms with E-state index in [1.807, 2.05) is 13.8 Å². The molecule has 1 aliphatic rings. The number of carbonyl (C=O) groups is 1. The first kappa shape index (κ1) is 20.9. The molecule has 0 saturated heterocycles. The molecular weight excluding hydrogens is 350 g/mol. The van der Waals surface area contributed by atoms with Gasteiger partial charge < -0.3 is 10.6 Å². The van der Waals surface area contributed by atoms with E-state index in [9.17, 15) is 13.2 Å². The summed E-state index contributed by atoms with van der Waals surface area (Å²) in [6, 6.07) is 4.40. The van der Waals surface area contributed by atoms with E-state index in [1.165, 1.54) is 18.4 Å². The van der Waals surface area contributed by atoms with Crippen LogP contribution < -0.4 is 10.6 Å². The first-order chi connectivity index (χ1) is 10.6. The summed E-state index contributed by atoms with van der Waals surface area (Å²) in [7, 11) is -0.543. The first-order valence-electron chi connectivity index (χ1n) is 7.77. The Hall–Kier alpha value is -1.15. The number of benzene rings is 1. The molecule has 2 rings (SSSR count). The monoisotopic (exact) mass is 375 g/mol. The average Bonchev–Trinajstić information content (AvgIpc) is 2.88. The fourth-order valence-corrected chi connectivity index (χ4v) is 3.69. The minimum Gasteiger partial charge on any atom is -0.320 e. The minimum absolute atomic E-state index is 0. The summed E-state index contributed by atoms with van der Waals surface area (Å²) >= 11 is 0. The Bertz CT molecular complexity index is 705. The summed E-state index contributed by atoms with van der Waals surface area (Å²) in [5, 5.41) is 0. The van der Waals surface area contributed by atoms with E-state index in [1.54, 1.807) is 23.1 Å². The topological polar surface area (TPSA) is 83.7 Å². The van der Waals surface area contributed by atoms with Gasteiger partial charge in [-0.25, -0.2) is 12.7 Å². The molecule has 0 aromatic heterocycles. The Morgan fingerprint density at radius 1 is 1.33 bits per heavy atom. The Kier molecular flexibility index (Phi) is 6.81. The smallest absolute Gasteiger partial charge is 0.243 e. The van der Waals surface area contributed by atoms with Crippen molar-refractivity contribution < 1.29 is 13.2 Å². The van der Waals surface area contributed by atoms with Crippen molar-refractivity contribution in [3.05, 3.63) is 23.8 Å². The second-order valence-corrected chi connectivity index (χ2v) is 8.71. The maximum atomic E-state index is 12.6. The van der Waals surface area contributed by atoms with Crippen molar-refractivity contribution in [2.75, 3.05) is 25.5 Å². The lowest BCUT2D eigenvalue weighted by Crippen LogP contribution is -2.43. The maximum Gasteiger partial charge on any atom is 0.243 e. The zero-order valence-electron chi connectivity index (χ0n) is 14.5. The largest absolute Gasteiger partial charge is 0.320 e. The minimum atomic E-state index is -3.52. The first-order valence-corrected chi connectivity index (χ1v) is 9.21. The SMILES string of the molecule is CC(C)C[C@H](N)C(=O)N1CCc2ccc(S(=O)(=O)N(C)C)cc21.Cl. The standard InChI is InChI=1S/C16H25N3O3S.ClH/c1-11(2)9-14(17)16(20)19-8-7-12-5-6-13(10-15(12)19)23(21,22)18(3)4;/h5-6,10-11,14H,7-9,17H2,1-4H3;1H/t14-;/m0./s1. The molecule has 1 aromatic rings. The van der Waals surface area contributed by atoms with Gasteiger partial charge in [-0.05, 0) is 36.5 Å². The Labute approximate surface area is 150 Å². The third kappa shape index (κ3) is 4.08. The van der Waals surface area contributed by atoms with Crippen molar-refractivity contribution >= 4 is 34.0 Å². The quantitative estimate of drug-likeness (QED) is 0.847. The van der Waals surface area contributed by atoms with Crippen molar-refractivity contribution in [2.24, 2.45) is 11.7 Å². The fourth-order valence-electron chi connectivity index (χ4n) is 2.77. The van der Waals surface area contributed by atoms with Crippen LogP contribution in [0.4, 0.5) is 5.69 Å². The number of amides is 1. The van der Waals surface area contributed by atoms with Gasteiger partial charge in [0.25, 0.3) is 0 Å². The number of rotatable bonds is 5. The Morgan fingerprint density at radius 3 is 2.50 bits per heavy atom. The van der Waals surface area contributed by atoms with Crippen molar-refractivity contribution in [3.8, 4) is 0 Å². The zero-order chi connectivity index (χ0) is 17.4. The van der Waals surface area contributed by atoms with E-state index < -0.39 is 16.1 Å². The van der Waals surface area contributed by atoms with Gasteiger partial charge in [-0.2, -0.15) is 0 Å². The molecule has 2 N–H and O–H groups in total. The van der Waals surface area contributed by atoms with Crippen LogP contribution >= 0.6 is 12.4 Å². The van der Waals surface area contributed by atoms with Gasteiger partial charge >= 0.3 is 0 Å². The predicted molar refractivity (Wildman–Crippen MR) is 98.1 cm³/mol. The Morgan fingerprint density at radius 2 is 1.96 bits per heavy atom. The van der Waals surface area contributed by atoms with Gasteiger partial charge in [0.05, 0.1) is 10.9 Å². The molecule has 24 heavy (non-hydrogen) atoms. The van der Waals surface area contributed by atoms with Crippen LogP contribution in [0.3, 0.4) is 0 Å². The van der Waals surface area contributed by atoms with Crippen molar-refractivity contribution in [1.82, 2.24) is 4.31 Å². The van der Waals surface area contributed by atoms with Gasteiger partial charge in [0.15, 0.2) is 0 Å². The number of nitrogens with two attached hydrogens (primary N) is 1. The lowest BCUT2D eigenvalue weighted by atomic mass is 10.0. The van der Waals surface area contributed by atoms with Gasteiger partial charge in [-0.3, -0.25) is 4.79 Å². The van der Waals surface area contributed by atoms with E-state index in [4.69, 9.17) is 5.73 Å². The maximum absolute atomic E-state index is 12.6. The molecule has 0 aliphatic carbocycles. The number of nitrogens with zero attached hydrogens (tertiary/aromatic N) is 2. The number of sulfonamides is 1. The number of fused-ring (bicyclic) bond motifs is 1. The van der Waals surface area contributed by atoms with Crippen LogP contribution in [-0.4, -0.2) is 45.3 Å². The van der Waals surface area contributed by atoms with Gasteiger partial charge in [-0.15, -0.1) is 12.4 Å². The second kappa shape index (κ2) is 7.82. The molecule has 1 aromatic carbocycles. The summed E-state index contributed by atoms with van der Waals surface area (Å²) in [5.74, 6) is 0.188. The van der Waals surface area contributed by atoms with Crippen molar-refractivity contribution in [2.45, 2.75) is 37.6 Å². The van der Waals surface area contributed by atoms with E-state index in [2.05, 4.69) is 0 Å². The van der Waals surface area contributed by atoms with E-state index in [-0.39, 0.29) is 23.2 Å². The van der Waals surface area contributed by atoms with Gasteiger partial charge in [0.1, 0.15) is 0 Å². The van der Waals surface area contributed by atoms with Crippen LogP contribution in [0, 0.1) is 5.92 Å². The van der Waals surface area contributed by atoms with Gasteiger partial charge in [0.2, 0.25) is 15.9 Å². The molecule has 0 unspecified atom stereocenters. The van der Waals surface area contributed by atoms with Crippen LogP contribution in [0.15, 0.2) is 23.1 Å². The number of halogens is 1. The highest BCUT2D eigenvalue weighted by Crippen LogP contribution is 2.31. The molecule has 0 fully saturated rings. The van der Waals surface area contributed by atoms with Crippen LogP contribution in [0.25, 0.3) is 0 Å². The van der Waals surface area contributed by atoms with Crippen LogP contribution in [0.5, 0.6) is 0 Å². The van der Waals surface area contributed by atoms with Crippen LogP contribution in [0.1, 0.15) is 25.8 Å². The highest BCUT2D eigenvalue weighted by Gasteiger charge is 2.30. The molecule has 0 saturated carbocycles. The highest BCUT2D eigenvalue weighted by atomic mass is 35.5. The molecule has 1 amide bonds.